The highest BCUT2D eigenvalue weighted by atomic mass is 32.2. The van der Waals surface area contributed by atoms with Gasteiger partial charge in [-0.1, -0.05) is 49.4 Å². The van der Waals surface area contributed by atoms with Gasteiger partial charge in [0.25, 0.3) is 0 Å². The summed E-state index contributed by atoms with van der Waals surface area (Å²) in [5.74, 6) is 0.405. The molecule has 1 heterocycles. The first-order chi connectivity index (χ1) is 14.5. The summed E-state index contributed by atoms with van der Waals surface area (Å²) in [5, 5.41) is 18.8. The molecule has 3 aromatic rings. The molecule has 0 spiro atoms. The fourth-order valence-corrected chi connectivity index (χ4v) is 3.93. The van der Waals surface area contributed by atoms with Gasteiger partial charge in [-0.15, -0.1) is 0 Å². The molecule has 30 heavy (non-hydrogen) atoms. The Labute approximate surface area is 179 Å². The molecule has 0 atom stereocenters. The number of carbonyl (C=O) groups is 2. The van der Waals surface area contributed by atoms with Crippen LogP contribution in [0, 0.1) is 0 Å². The highest BCUT2D eigenvalue weighted by molar-refractivity contribution is 8.13. The van der Waals surface area contributed by atoms with Gasteiger partial charge in [-0.3, -0.25) is 4.79 Å². The molecule has 0 fully saturated rings. The summed E-state index contributed by atoms with van der Waals surface area (Å²) in [4.78, 5) is 28.1. The Balaban J connectivity index is 1.78. The van der Waals surface area contributed by atoms with E-state index in [1.165, 1.54) is 6.07 Å². The second-order valence-corrected chi connectivity index (χ2v) is 7.90. The summed E-state index contributed by atoms with van der Waals surface area (Å²) in [6, 6.07) is 13.3. The van der Waals surface area contributed by atoms with Gasteiger partial charge in [0.15, 0.2) is 0 Å². The van der Waals surface area contributed by atoms with Crippen LogP contribution < -0.4 is 0 Å². The van der Waals surface area contributed by atoms with E-state index in [4.69, 9.17) is 5.11 Å². The first kappa shape index (κ1) is 21.6. The predicted molar refractivity (Wildman–Crippen MR) is 117 cm³/mol. The number of phenolic OH excluding ortho intramolecular Hbond substituents is 1. The zero-order chi connectivity index (χ0) is 21.5. The minimum absolute atomic E-state index is 0.0225. The summed E-state index contributed by atoms with van der Waals surface area (Å²) < 4.78 is 2.09. The SMILES string of the molecule is CCCCc1ncc(CSC(=O)c2ccccc2O)n1Cc1ccc(C(=O)O)cc1. The summed E-state index contributed by atoms with van der Waals surface area (Å²) in [5.41, 5.74) is 2.43. The molecule has 0 aliphatic rings. The van der Waals surface area contributed by atoms with Gasteiger partial charge in [-0.2, -0.15) is 0 Å². The Bertz CT molecular complexity index is 1030. The molecule has 7 heteroatoms. The minimum Gasteiger partial charge on any atom is -0.507 e. The average Bonchev–Trinajstić information content (AvgIpc) is 3.12. The van der Waals surface area contributed by atoms with Crippen LogP contribution in [0.5, 0.6) is 5.75 Å². The van der Waals surface area contributed by atoms with E-state index in [9.17, 15) is 14.7 Å². The highest BCUT2D eigenvalue weighted by Crippen LogP contribution is 2.25. The summed E-state index contributed by atoms with van der Waals surface area (Å²) in [6.45, 7) is 2.68. The van der Waals surface area contributed by atoms with Crippen molar-refractivity contribution in [3.63, 3.8) is 0 Å². The van der Waals surface area contributed by atoms with Crippen molar-refractivity contribution in [1.82, 2.24) is 9.55 Å². The Morgan fingerprint density at radius 2 is 1.83 bits per heavy atom. The van der Waals surface area contributed by atoms with E-state index in [0.29, 0.717) is 17.9 Å². The zero-order valence-corrected chi connectivity index (χ0v) is 17.6. The molecular formula is C23H24N2O4S. The summed E-state index contributed by atoms with van der Waals surface area (Å²) >= 11 is 1.13. The van der Waals surface area contributed by atoms with Crippen molar-refractivity contribution in [1.29, 1.82) is 0 Å². The van der Waals surface area contributed by atoms with E-state index in [-0.39, 0.29) is 16.4 Å². The topological polar surface area (TPSA) is 92.4 Å². The van der Waals surface area contributed by atoms with Gasteiger partial charge < -0.3 is 14.8 Å². The molecule has 0 saturated heterocycles. The number of nitrogens with zero attached hydrogens (tertiary/aromatic N) is 2. The molecule has 3 rings (SSSR count). The molecule has 2 N–H and O–H groups in total. The molecule has 0 aliphatic heterocycles. The molecule has 2 aromatic carbocycles. The van der Waals surface area contributed by atoms with Crippen molar-refractivity contribution in [2.75, 3.05) is 0 Å². The molecule has 0 aliphatic carbocycles. The predicted octanol–water partition coefficient (Wildman–Crippen LogP) is 4.75. The fraction of sp³-hybridized carbons (Fsp3) is 0.261. The quantitative estimate of drug-likeness (QED) is 0.515. The molecule has 0 amide bonds. The van der Waals surface area contributed by atoms with Gasteiger partial charge in [0.2, 0.25) is 5.12 Å². The molecular weight excluding hydrogens is 400 g/mol. The Morgan fingerprint density at radius 3 is 2.50 bits per heavy atom. The van der Waals surface area contributed by atoms with Gasteiger partial charge in [-0.25, -0.2) is 9.78 Å². The number of thioether (sulfide) groups is 1. The minimum atomic E-state index is -0.951. The second kappa shape index (κ2) is 10.1. The van der Waals surface area contributed by atoms with Crippen molar-refractivity contribution >= 4 is 22.8 Å². The molecule has 0 saturated carbocycles. The summed E-state index contributed by atoms with van der Waals surface area (Å²) in [7, 11) is 0. The van der Waals surface area contributed by atoms with Gasteiger partial charge >= 0.3 is 5.97 Å². The number of rotatable bonds is 9. The average molecular weight is 425 g/mol. The lowest BCUT2D eigenvalue weighted by Crippen LogP contribution is -2.09. The van der Waals surface area contributed by atoms with Crippen LogP contribution in [-0.4, -0.2) is 30.8 Å². The number of aryl methyl sites for hydroxylation is 1. The number of hydrogen-bond acceptors (Lipinski definition) is 5. The number of aromatic nitrogens is 2. The van der Waals surface area contributed by atoms with Gasteiger partial charge in [0.1, 0.15) is 11.6 Å². The third-order valence-electron chi connectivity index (χ3n) is 4.79. The van der Waals surface area contributed by atoms with Crippen molar-refractivity contribution < 1.29 is 19.8 Å². The van der Waals surface area contributed by atoms with E-state index in [0.717, 1.165) is 48.1 Å². The third kappa shape index (κ3) is 5.30. The monoisotopic (exact) mass is 424 g/mol. The van der Waals surface area contributed by atoms with E-state index < -0.39 is 5.97 Å². The lowest BCUT2D eigenvalue weighted by atomic mass is 10.1. The largest absolute Gasteiger partial charge is 0.507 e. The molecule has 0 radical (unpaired) electrons. The molecule has 1 aromatic heterocycles. The van der Waals surface area contributed by atoms with Crippen LogP contribution in [-0.2, 0) is 18.7 Å². The van der Waals surface area contributed by atoms with Crippen molar-refractivity contribution in [3.8, 4) is 5.75 Å². The number of aromatic hydroxyl groups is 1. The Kier molecular flexibility index (Phi) is 7.30. The second-order valence-electron chi connectivity index (χ2n) is 6.95. The molecule has 6 nitrogen and oxygen atoms in total. The number of hydrogen-bond donors (Lipinski definition) is 2. The fourth-order valence-electron chi connectivity index (χ4n) is 3.10. The first-order valence-corrected chi connectivity index (χ1v) is 10.8. The Hall–Kier alpha value is -3.06. The molecule has 156 valence electrons. The number of benzene rings is 2. The number of phenols is 1. The smallest absolute Gasteiger partial charge is 0.335 e. The third-order valence-corrected chi connectivity index (χ3v) is 5.71. The van der Waals surface area contributed by atoms with Gasteiger partial charge in [-0.05, 0) is 36.2 Å². The van der Waals surface area contributed by atoms with Gasteiger partial charge in [0, 0.05) is 30.6 Å². The maximum Gasteiger partial charge on any atom is 0.335 e. The van der Waals surface area contributed by atoms with Crippen LogP contribution in [0.1, 0.15) is 57.6 Å². The number of unbranched alkanes of at least 4 members (excludes halogenated alkanes) is 1. The van der Waals surface area contributed by atoms with Gasteiger partial charge in [0.05, 0.1) is 11.1 Å². The van der Waals surface area contributed by atoms with E-state index >= 15 is 0 Å². The summed E-state index contributed by atoms with van der Waals surface area (Å²) in [6.07, 6.45) is 4.69. The molecule has 0 bridgehead atoms. The highest BCUT2D eigenvalue weighted by Gasteiger charge is 2.15. The van der Waals surface area contributed by atoms with E-state index in [1.54, 1.807) is 48.7 Å². The lowest BCUT2D eigenvalue weighted by molar-refractivity contribution is 0.0696. The number of imidazole rings is 1. The maximum absolute atomic E-state index is 12.5. The van der Waals surface area contributed by atoms with Crippen LogP contribution in [0.15, 0.2) is 54.7 Å². The number of aromatic carboxylic acids is 1. The van der Waals surface area contributed by atoms with Crippen LogP contribution in [0.2, 0.25) is 0 Å². The first-order valence-electron chi connectivity index (χ1n) is 9.80. The lowest BCUT2D eigenvalue weighted by Gasteiger charge is -2.12. The van der Waals surface area contributed by atoms with E-state index in [1.807, 2.05) is 0 Å². The van der Waals surface area contributed by atoms with Crippen LogP contribution in [0.3, 0.4) is 0 Å². The van der Waals surface area contributed by atoms with Crippen LogP contribution in [0.4, 0.5) is 0 Å². The van der Waals surface area contributed by atoms with E-state index in [2.05, 4.69) is 16.5 Å². The zero-order valence-electron chi connectivity index (χ0n) is 16.7. The number of para-hydroxylation sites is 1. The number of carboxylic acids is 1. The number of carbonyl (C=O) groups excluding carboxylic acids is 1. The maximum atomic E-state index is 12.5. The van der Waals surface area contributed by atoms with Crippen LogP contribution >= 0.6 is 11.8 Å². The van der Waals surface area contributed by atoms with Crippen molar-refractivity contribution in [2.24, 2.45) is 0 Å². The Morgan fingerprint density at radius 1 is 1.10 bits per heavy atom. The van der Waals surface area contributed by atoms with Crippen molar-refractivity contribution in [3.05, 3.63) is 82.9 Å². The van der Waals surface area contributed by atoms with Crippen LogP contribution in [0.25, 0.3) is 0 Å². The number of carboxylic acid groups (broad SMARTS) is 1. The normalized spacial score (nSPS) is 10.8. The molecule has 0 unspecified atom stereocenters. The standard InChI is InChI=1S/C23H24N2O4S/c1-2-3-8-21-24-13-18(15-30-23(29)19-6-4-5-7-20(19)26)25(21)14-16-9-11-17(12-10-16)22(27)28/h4-7,9-13,26H,2-3,8,14-15H2,1H3,(H,27,28). The van der Waals surface area contributed by atoms with Crippen molar-refractivity contribution in [2.45, 2.75) is 38.5 Å².